The lowest BCUT2D eigenvalue weighted by molar-refractivity contribution is -0.147. The van der Waals surface area contributed by atoms with Crippen molar-refractivity contribution in [3.8, 4) is 0 Å². The standard InChI is InChI=1S/C13H16N4O4S/c1-8(2)14-12(20)16-10(18)7-21-11(19)5-9-6-17-3-4-22-13(17)15-9/h3-4,6,8H,5,7H2,1-2H3,(H2,14,16,18,20). The summed E-state index contributed by atoms with van der Waals surface area (Å²) in [7, 11) is 0. The number of carbonyl (C=O) groups is 3. The van der Waals surface area contributed by atoms with E-state index in [9.17, 15) is 14.4 Å². The fraction of sp³-hybridized carbons (Fsp3) is 0.385. The molecule has 2 aromatic heterocycles. The molecule has 0 unspecified atom stereocenters. The van der Waals surface area contributed by atoms with Crippen molar-refractivity contribution in [1.29, 1.82) is 0 Å². The monoisotopic (exact) mass is 324 g/mol. The first-order valence-electron chi connectivity index (χ1n) is 6.61. The zero-order valence-corrected chi connectivity index (χ0v) is 13.0. The molecule has 0 fully saturated rings. The summed E-state index contributed by atoms with van der Waals surface area (Å²) in [6, 6.07) is -0.712. The van der Waals surface area contributed by atoms with Gasteiger partial charge in [0.15, 0.2) is 11.6 Å². The molecule has 0 saturated heterocycles. The van der Waals surface area contributed by atoms with Crippen molar-refractivity contribution in [2.24, 2.45) is 0 Å². The molecule has 3 amide bonds. The number of ether oxygens (including phenoxy) is 1. The van der Waals surface area contributed by atoms with Gasteiger partial charge in [-0.3, -0.25) is 19.3 Å². The molecule has 0 aliphatic carbocycles. The van der Waals surface area contributed by atoms with Crippen LogP contribution in [0.1, 0.15) is 19.5 Å². The smallest absolute Gasteiger partial charge is 0.321 e. The van der Waals surface area contributed by atoms with Crippen LogP contribution in [-0.4, -0.2) is 39.9 Å². The third kappa shape index (κ3) is 4.55. The molecule has 118 valence electrons. The maximum Gasteiger partial charge on any atom is 0.321 e. The number of imide groups is 1. The number of carbonyl (C=O) groups excluding carboxylic acids is 3. The number of thiazole rings is 1. The Bertz CT molecular complexity index is 663. The normalized spacial score (nSPS) is 10.7. The molecule has 0 aromatic carbocycles. The van der Waals surface area contributed by atoms with Crippen LogP contribution in [0.3, 0.4) is 0 Å². The average Bonchev–Trinajstić information content (AvgIpc) is 2.96. The lowest BCUT2D eigenvalue weighted by Crippen LogP contribution is -2.44. The van der Waals surface area contributed by atoms with E-state index in [1.165, 1.54) is 11.3 Å². The quantitative estimate of drug-likeness (QED) is 0.789. The summed E-state index contributed by atoms with van der Waals surface area (Å²) in [5, 5.41) is 6.44. The van der Waals surface area contributed by atoms with Gasteiger partial charge in [-0.15, -0.1) is 11.3 Å². The molecule has 2 rings (SSSR count). The maximum atomic E-state index is 11.6. The topological polar surface area (TPSA) is 102 Å². The highest BCUT2D eigenvalue weighted by Gasteiger charge is 2.13. The summed E-state index contributed by atoms with van der Waals surface area (Å²) in [6.07, 6.45) is 3.53. The molecular formula is C13H16N4O4S. The second kappa shape index (κ2) is 7.03. The summed E-state index contributed by atoms with van der Waals surface area (Å²) < 4.78 is 6.61. The van der Waals surface area contributed by atoms with Crippen molar-refractivity contribution in [2.45, 2.75) is 26.3 Å². The van der Waals surface area contributed by atoms with Crippen molar-refractivity contribution in [3.63, 3.8) is 0 Å². The number of fused-ring (bicyclic) bond motifs is 1. The van der Waals surface area contributed by atoms with E-state index in [1.807, 2.05) is 11.6 Å². The van der Waals surface area contributed by atoms with E-state index >= 15 is 0 Å². The van der Waals surface area contributed by atoms with Crippen molar-refractivity contribution >= 4 is 34.2 Å². The second-order valence-corrected chi connectivity index (χ2v) is 5.71. The SMILES string of the molecule is CC(C)NC(=O)NC(=O)COC(=O)Cc1cn2ccsc2n1. The Morgan fingerprint density at radius 1 is 1.41 bits per heavy atom. The lowest BCUT2D eigenvalue weighted by atomic mass is 10.3. The van der Waals surface area contributed by atoms with E-state index in [4.69, 9.17) is 4.74 Å². The van der Waals surface area contributed by atoms with Gasteiger partial charge >= 0.3 is 12.0 Å². The van der Waals surface area contributed by atoms with Crippen LogP contribution >= 0.6 is 11.3 Å². The van der Waals surface area contributed by atoms with Crippen LogP contribution in [0.25, 0.3) is 4.96 Å². The Morgan fingerprint density at radius 3 is 2.86 bits per heavy atom. The van der Waals surface area contributed by atoms with Crippen LogP contribution in [0.15, 0.2) is 17.8 Å². The predicted molar refractivity (Wildman–Crippen MR) is 79.5 cm³/mol. The Kier molecular flexibility index (Phi) is 5.10. The first-order chi connectivity index (χ1) is 10.4. The molecule has 0 spiro atoms. The van der Waals surface area contributed by atoms with E-state index in [-0.39, 0.29) is 12.5 Å². The van der Waals surface area contributed by atoms with Crippen molar-refractivity contribution in [2.75, 3.05) is 6.61 Å². The summed E-state index contributed by atoms with van der Waals surface area (Å²) in [5.74, 6) is -1.26. The van der Waals surface area contributed by atoms with E-state index < -0.39 is 24.5 Å². The van der Waals surface area contributed by atoms with Crippen molar-refractivity contribution < 1.29 is 19.1 Å². The Hall–Kier alpha value is -2.42. The summed E-state index contributed by atoms with van der Waals surface area (Å²) in [6.45, 7) is 3.02. The fourth-order valence-corrected chi connectivity index (χ4v) is 2.39. The van der Waals surface area contributed by atoms with Crippen molar-refractivity contribution in [1.82, 2.24) is 20.0 Å². The minimum atomic E-state index is -0.683. The van der Waals surface area contributed by atoms with E-state index in [0.717, 1.165) is 4.96 Å². The number of hydrogen-bond donors (Lipinski definition) is 2. The van der Waals surface area contributed by atoms with Gasteiger partial charge < -0.3 is 10.1 Å². The Morgan fingerprint density at radius 2 is 2.18 bits per heavy atom. The first-order valence-corrected chi connectivity index (χ1v) is 7.49. The van der Waals surface area contributed by atoms with Crippen LogP contribution in [0.4, 0.5) is 4.79 Å². The molecular weight excluding hydrogens is 308 g/mol. The van der Waals surface area contributed by atoms with E-state index in [2.05, 4.69) is 15.6 Å². The molecule has 2 aromatic rings. The number of urea groups is 1. The lowest BCUT2D eigenvalue weighted by Gasteiger charge is -2.09. The average molecular weight is 324 g/mol. The van der Waals surface area contributed by atoms with Gasteiger partial charge in [0.25, 0.3) is 5.91 Å². The highest BCUT2D eigenvalue weighted by atomic mass is 32.1. The largest absolute Gasteiger partial charge is 0.455 e. The molecule has 9 heteroatoms. The molecule has 8 nitrogen and oxygen atoms in total. The first kappa shape index (κ1) is 16.0. The van der Waals surface area contributed by atoms with Crippen LogP contribution in [0.5, 0.6) is 0 Å². The number of rotatable bonds is 5. The number of nitrogens with one attached hydrogen (secondary N) is 2. The second-order valence-electron chi connectivity index (χ2n) is 4.84. The highest BCUT2D eigenvalue weighted by Crippen LogP contribution is 2.11. The minimum absolute atomic E-state index is 0.0279. The van der Waals surface area contributed by atoms with E-state index in [1.54, 1.807) is 24.4 Å². The van der Waals surface area contributed by atoms with E-state index in [0.29, 0.717) is 5.69 Å². The van der Waals surface area contributed by atoms with Crippen LogP contribution < -0.4 is 10.6 Å². The van der Waals surface area contributed by atoms with Crippen LogP contribution in [0.2, 0.25) is 0 Å². The molecule has 0 bridgehead atoms. The van der Waals surface area contributed by atoms with Gasteiger partial charge in [0.2, 0.25) is 0 Å². The summed E-state index contributed by atoms with van der Waals surface area (Å²) in [5.41, 5.74) is 0.565. The summed E-state index contributed by atoms with van der Waals surface area (Å²) >= 11 is 1.46. The predicted octanol–water partition coefficient (Wildman–Crippen LogP) is 0.716. The number of aromatic nitrogens is 2. The molecule has 0 atom stereocenters. The molecule has 2 heterocycles. The van der Waals surface area contributed by atoms with Crippen molar-refractivity contribution in [3.05, 3.63) is 23.5 Å². The van der Waals surface area contributed by atoms with Gasteiger partial charge in [0.05, 0.1) is 12.1 Å². The summed E-state index contributed by atoms with van der Waals surface area (Å²) in [4.78, 5) is 39.3. The third-order valence-corrected chi connectivity index (χ3v) is 3.28. The van der Waals surface area contributed by atoms with Gasteiger partial charge in [-0.25, -0.2) is 9.78 Å². The van der Waals surface area contributed by atoms with Gasteiger partial charge in [-0.1, -0.05) is 0 Å². The molecule has 0 radical (unpaired) electrons. The zero-order valence-electron chi connectivity index (χ0n) is 12.2. The molecule has 0 saturated carbocycles. The number of amides is 3. The molecule has 2 N–H and O–H groups in total. The van der Waals surface area contributed by atoms with Crippen LogP contribution in [-0.2, 0) is 20.7 Å². The number of imidazole rings is 1. The number of hydrogen-bond acceptors (Lipinski definition) is 6. The highest BCUT2D eigenvalue weighted by molar-refractivity contribution is 7.15. The van der Waals surface area contributed by atoms with Crippen LogP contribution in [0, 0.1) is 0 Å². The molecule has 0 aliphatic heterocycles. The molecule has 0 aliphatic rings. The van der Waals surface area contributed by atoms with Gasteiger partial charge in [0.1, 0.15) is 0 Å². The van der Waals surface area contributed by atoms with Gasteiger partial charge in [-0.05, 0) is 13.8 Å². The third-order valence-electron chi connectivity index (χ3n) is 2.51. The fourth-order valence-electron chi connectivity index (χ4n) is 1.67. The maximum absolute atomic E-state index is 11.6. The van der Waals surface area contributed by atoms with Gasteiger partial charge in [-0.2, -0.15) is 0 Å². The Balaban J connectivity index is 1.74. The molecule has 22 heavy (non-hydrogen) atoms. The Labute approximate surface area is 130 Å². The van der Waals surface area contributed by atoms with Gasteiger partial charge in [0, 0.05) is 23.8 Å². The zero-order chi connectivity index (χ0) is 16.1. The number of nitrogens with zero attached hydrogens (tertiary/aromatic N) is 2. The number of esters is 1. The minimum Gasteiger partial charge on any atom is -0.455 e.